The van der Waals surface area contributed by atoms with Gasteiger partial charge in [-0.3, -0.25) is 13.8 Å². The molecule has 0 aliphatic carbocycles. The lowest BCUT2D eigenvalue weighted by Crippen LogP contribution is -2.46. The van der Waals surface area contributed by atoms with Crippen molar-refractivity contribution in [3.8, 4) is 0 Å². The van der Waals surface area contributed by atoms with Crippen molar-refractivity contribution in [1.29, 1.82) is 0 Å². The number of aliphatic hydroxyl groups excluding tert-OH is 2. The van der Waals surface area contributed by atoms with Crippen LogP contribution in [0.3, 0.4) is 0 Å². The van der Waals surface area contributed by atoms with E-state index in [1.54, 1.807) is 6.08 Å². The minimum absolute atomic E-state index is 0.0368. The molecule has 0 radical (unpaired) electrons. The van der Waals surface area contributed by atoms with E-state index in [-0.39, 0.29) is 19.6 Å². The molecule has 9 nitrogen and oxygen atoms in total. The number of allylic oxidation sites excluding steroid dienone is 6. The first-order valence-electron chi connectivity index (χ1n) is 19.8. The molecule has 1 amide bonds. The summed E-state index contributed by atoms with van der Waals surface area (Å²) in [7, 11) is -4.41. The molecule has 0 saturated heterocycles. The fraction of sp³-hybridized carbons (Fsp3) is 0.775. The van der Waals surface area contributed by atoms with E-state index in [0.717, 1.165) is 38.5 Å². The number of phosphoric ester groups is 1. The molecule has 0 aromatic heterocycles. The first-order chi connectivity index (χ1) is 24.3. The molecule has 0 aliphatic rings. The number of nitrogens with one attached hydrogen (secondary N) is 1. The molecular weight excluding hydrogens is 651 g/mol. The van der Waals surface area contributed by atoms with Gasteiger partial charge in [-0.1, -0.05) is 146 Å². The molecule has 10 heteroatoms. The summed E-state index contributed by atoms with van der Waals surface area (Å²) in [5.74, 6) is -0.499. The van der Waals surface area contributed by atoms with Gasteiger partial charge < -0.3 is 26.2 Å². The first-order valence-corrected chi connectivity index (χ1v) is 21.3. The van der Waals surface area contributed by atoms with Gasteiger partial charge in [-0.05, 0) is 57.8 Å². The number of hydrogen-bond donors (Lipinski definition) is 5. The summed E-state index contributed by atoms with van der Waals surface area (Å²) in [6, 6.07) is -1.02. The molecule has 0 heterocycles. The van der Waals surface area contributed by atoms with Crippen LogP contribution in [-0.2, 0) is 18.4 Å². The number of unbranched alkanes of at least 4 members (excludes halogenated alkanes) is 17. The lowest BCUT2D eigenvalue weighted by atomic mass is 10.1. The van der Waals surface area contributed by atoms with Crippen molar-refractivity contribution in [1.82, 2.24) is 5.32 Å². The van der Waals surface area contributed by atoms with E-state index in [2.05, 4.69) is 43.5 Å². The lowest BCUT2D eigenvalue weighted by Gasteiger charge is -2.23. The normalized spacial score (nSPS) is 15.4. The number of carbonyl (C=O) groups excluding carboxylic acids is 1. The number of nitrogens with two attached hydrogens (primary N) is 1. The molecule has 0 bridgehead atoms. The van der Waals surface area contributed by atoms with Gasteiger partial charge in [0, 0.05) is 6.54 Å². The highest BCUT2D eigenvalue weighted by molar-refractivity contribution is 7.47. The topological polar surface area (TPSA) is 151 Å². The fourth-order valence-corrected chi connectivity index (χ4v) is 6.14. The molecule has 6 N–H and O–H groups in total. The zero-order valence-corrected chi connectivity index (χ0v) is 32.6. The van der Waals surface area contributed by atoms with E-state index >= 15 is 0 Å². The summed E-state index contributed by atoms with van der Waals surface area (Å²) in [5, 5.41) is 23.7. The van der Waals surface area contributed by atoms with E-state index in [9.17, 15) is 24.5 Å². The highest BCUT2D eigenvalue weighted by atomic mass is 31.2. The second-order valence-electron chi connectivity index (χ2n) is 13.3. The number of rotatable bonds is 36. The van der Waals surface area contributed by atoms with Gasteiger partial charge in [0.1, 0.15) is 0 Å². The standard InChI is InChI=1S/C40H75N2O7P/c1-3-5-7-9-11-12-13-14-15-16-17-18-19-20-21-22-23-24-26-28-30-32-39(44)38(36-49-50(46,47)48-34-33-41)42-40(45)35-37(43)31-29-27-25-10-8-6-4-2/h19-20,23-24,27,29-30,32,37-39,43-44H,3-18,21-22,25-26,28,31,33-36,41H2,1-2H3,(H,42,45)(H,46,47)/b20-19+,24-23+,29-27-,32-30+. The van der Waals surface area contributed by atoms with E-state index in [1.165, 1.54) is 89.9 Å². The Morgan fingerprint density at radius 1 is 0.680 bits per heavy atom. The Kier molecular flexibility index (Phi) is 34.7. The van der Waals surface area contributed by atoms with Crippen LogP contribution in [0.25, 0.3) is 0 Å². The number of phosphoric acid groups is 1. The van der Waals surface area contributed by atoms with Gasteiger partial charge in [-0.15, -0.1) is 0 Å². The number of hydrogen-bond acceptors (Lipinski definition) is 7. The van der Waals surface area contributed by atoms with Crippen LogP contribution in [0.15, 0.2) is 48.6 Å². The molecule has 0 aromatic rings. The summed E-state index contributed by atoms with van der Waals surface area (Å²) >= 11 is 0. The fourth-order valence-electron chi connectivity index (χ4n) is 5.38. The predicted octanol–water partition coefficient (Wildman–Crippen LogP) is 9.52. The lowest BCUT2D eigenvalue weighted by molar-refractivity contribution is -0.124. The molecule has 50 heavy (non-hydrogen) atoms. The first kappa shape index (κ1) is 48.4. The van der Waals surface area contributed by atoms with Crippen LogP contribution in [-0.4, -0.2) is 59.0 Å². The number of aliphatic hydroxyl groups is 2. The highest BCUT2D eigenvalue weighted by Gasteiger charge is 2.27. The Morgan fingerprint density at radius 3 is 1.68 bits per heavy atom. The van der Waals surface area contributed by atoms with Crippen LogP contribution >= 0.6 is 7.82 Å². The Balaban J connectivity index is 4.42. The summed E-state index contributed by atoms with van der Waals surface area (Å²) in [4.78, 5) is 22.5. The van der Waals surface area contributed by atoms with Crippen molar-refractivity contribution < 1.29 is 33.5 Å². The Hall–Kier alpha value is -1.58. The van der Waals surface area contributed by atoms with Crippen LogP contribution in [0.5, 0.6) is 0 Å². The van der Waals surface area contributed by atoms with Gasteiger partial charge in [0.15, 0.2) is 0 Å². The van der Waals surface area contributed by atoms with Gasteiger partial charge in [0.05, 0.1) is 37.9 Å². The van der Waals surface area contributed by atoms with Crippen molar-refractivity contribution in [2.75, 3.05) is 19.8 Å². The zero-order valence-electron chi connectivity index (χ0n) is 31.7. The third kappa shape index (κ3) is 33.6. The molecule has 4 atom stereocenters. The van der Waals surface area contributed by atoms with Gasteiger partial charge >= 0.3 is 7.82 Å². The van der Waals surface area contributed by atoms with E-state index in [0.29, 0.717) is 12.8 Å². The van der Waals surface area contributed by atoms with Crippen LogP contribution in [0, 0.1) is 0 Å². The smallest absolute Gasteiger partial charge is 0.392 e. The highest BCUT2D eigenvalue weighted by Crippen LogP contribution is 2.43. The summed E-state index contributed by atoms with van der Waals surface area (Å²) < 4.78 is 21.9. The van der Waals surface area contributed by atoms with Gasteiger partial charge in [0.25, 0.3) is 0 Å². The SMILES string of the molecule is CCCCCC/C=C\CC(O)CC(=O)NC(COP(=O)(O)OCCN)C(O)/C=C/CC/C=C/CC/C=C/CCCCCCCCCCCCC. The van der Waals surface area contributed by atoms with Gasteiger partial charge in [-0.2, -0.15) is 0 Å². The van der Waals surface area contributed by atoms with E-state index in [1.807, 2.05) is 18.2 Å². The molecular formula is C40H75N2O7P. The summed E-state index contributed by atoms with van der Waals surface area (Å²) in [6.07, 6.45) is 39.6. The largest absolute Gasteiger partial charge is 0.472 e. The van der Waals surface area contributed by atoms with Gasteiger partial charge in [-0.25, -0.2) is 4.57 Å². The van der Waals surface area contributed by atoms with Crippen LogP contribution in [0.2, 0.25) is 0 Å². The quantitative estimate of drug-likeness (QED) is 0.0243. The average Bonchev–Trinajstić information content (AvgIpc) is 3.09. The minimum Gasteiger partial charge on any atom is -0.392 e. The predicted molar refractivity (Wildman–Crippen MR) is 209 cm³/mol. The van der Waals surface area contributed by atoms with Gasteiger partial charge in [0.2, 0.25) is 5.91 Å². The monoisotopic (exact) mass is 727 g/mol. The minimum atomic E-state index is -4.41. The molecule has 292 valence electrons. The Bertz CT molecular complexity index is 941. The Morgan fingerprint density at radius 2 is 1.14 bits per heavy atom. The second kappa shape index (κ2) is 35.8. The number of carbonyl (C=O) groups is 1. The zero-order chi connectivity index (χ0) is 37.0. The third-order valence-electron chi connectivity index (χ3n) is 8.41. The molecule has 0 saturated carbocycles. The maximum absolute atomic E-state index is 12.7. The Labute approximate surface area is 305 Å². The van der Waals surface area contributed by atoms with E-state index < -0.39 is 38.6 Å². The van der Waals surface area contributed by atoms with Crippen LogP contribution in [0.4, 0.5) is 0 Å². The maximum Gasteiger partial charge on any atom is 0.472 e. The molecule has 0 aromatic carbocycles. The molecule has 0 spiro atoms. The molecule has 4 unspecified atom stereocenters. The van der Waals surface area contributed by atoms with Crippen molar-refractivity contribution >= 4 is 13.7 Å². The van der Waals surface area contributed by atoms with E-state index in [4.69, 9.17) is 14.8 Å². The molecule has 0 rings (SSSR count). The van der Waals surface area contributed by atoms with Crippen molar-refractivity contribution in [3.63, 3.8) is 0 Å². The van der Waals surface area contributed by atoms with Crippen molar-refractivity contribution in [3.05, 3.63) is 48.6 Å². The van der Waals surface area contributed by atoms with Crippen LogP contribution < -0.4 is 11.1 Å². The maximum atomic E-state index is 12.7. The number of amides is 1. The summed E-state index contributed by atoms with van der Waals surface area (Å²) in [6.45, 7) is 3.84. The molecule has 0 fully saturated rings. The van der Waals surface area contributed by atoms with Crippen molar-refractivity contribution in [2.45, 2.75) is 180 Å². The van der Waals surface area contributed by atoms with Crippen LogP contribution in [0.1, 0.15) is 162 Å². The summed E-state index contributed by atoms with van der Waals surface area (Å²) in [5.41, 5.74) is 5.33. The average molecular weight is 727 g/mol. The second-order valence-corrected chi connectivity index (χ2v) is 14.8. The molecule has 0 aliphatic heterocycles. The third-order valence-corrected chi connectivity index (χ3v) is 9.39. The van der Waals surface area contributed by atoms with Crippen molar-refractivity contribution in [2.24, 2.45) is 5.73 Å².